The first-order valence-corrected chi connectivity index (χ1v) is 5.84. The molecule has 90 valence electrons. The molecule has 0 saturated heterocycles. The third-order valence-electron chi connectivity index (χ3n) is 2.81. The predicted octanol–water partition coefficient (Wildman–Crippen LogP) is 2.33. The fraction of sp³-hybridized carbons (Fsp3) is 0.200. The summed E-state index contributed by atoms with van der Waals surface area (Å²) in [5, 5.41) is 0.958. The summed E-state index contributed by atoms with van der Waals surface area (Å²) in [6.45, 7) is 2.82. The van der Waals surface area contributed by atoms with E-state index in [1.165, 1.54) is 0 Å². The van der Waals surface area contributed by atoms with E-state index in [1.807, 2.05) is 31.2 Å². The molecule has 3 heteroatoms. The maximum absolute atomic E-state index is 12.4. The van der Waals surface area contributed by atoms with Gasteiger partial charge >= 0.3 is 0 Å². The summed E-state index contributed by atoms with van der Waals surface area (Å²) in [5.41, 5.74) is 1.32. The molecule has 2 rings (SSSR count). The van der Waals surface area contributed by atoms with Gasteiger partial charge in [-0.2, -0.15) is 0 Å². The number of terminal acetylenes is 1. The van der Waals surface area contributed by atoms with Gasteiger partial charge in [0.2, 0.25) is 0 Å². The molecule has 0 unspecified atom stereocenters. The third-order valence-corrected chi connectivity index (χ3v) is 2.81. The number of nitrogens with zero attached hydrogens (tertiary/aromatic N) is 2. The van der Waals surface area contributed by atoms with Gasteiger partial charge in [-0.05, 0) is 19.1 Å². The van der Waals surface area contributed by atoms with Crippen LogP contribution in [0.3, 0.4) is 0 Å². The second-order valence-corrected chi connectivity index (χ2v) is 3.90. The SMILES string of the molecule is C#CCN(CC)C(=O)c1cccc2cccnc12. The molecule has 1 aromatic heterocycles. The number of para-hydroxylation sites is 1. The zero-order chi connectivity index (χ0) is 13.0. The molecule has 0 bridgehead atoms. The van der Waals surface area contributed by atoms with Gasteiger partial charge in [0.05, 0.1) is 17.6 Å². The molecule has 1 heterocycles. The highest BCUT2D eigenvalue weighted by atomic mass is 16.2. The van der Waals surface area contributed by atoms with Crippen LogP contribution in [-0.4, -0.2) is 28.9 Å². The molecule has 0 atom stereocenters. The molecule has 0 aliphatic heterocycles. The van der Waals surface area contributed by atoms with E-state index in [4.69, 9.17) is 6.42 Å². The van der Waals surface area contributed by atoms with Crippen LogP contribution in [0, 0.1) is 12.3 Å². The van der Waals surface area contributed by atoms with Crippen LogP contribution in [0.1, 0.15) is 17.3 Å². The number of hydrogen-bond acceptors (Lipinski definition) is 2. The van der Waals surface area contributed by atoms with Crippen molar-refractivity contribution in [2.75, 3.05) is 13.1 Å². The summed E-state index contributed by atoms with van der Waals surface area (Å²) in [4.78, 5) is 18.3. The fourth-order valence-corrected chi connectivity index (χ4v) is 1.88. The molecule has 0 fully saturated rings. The van der Waals surface area contributed by atoms with Gasteiger partial charge in [-0.1, -0.05) is 24.1 Å². The standard InChI is InChI=1S/C15H14N2O/c1-3-11-17(4-2)15(18)13-9-5-7-12-8-6-10-16-14(12)13/h1,5-10H,4,11H2,2H3. The fourth-order valence-electron chi connectivity index (χ4n) is 1.88. The van der Waals surface area contributed by atoms with E-state index < -0.39 is 0 Å². The van der Waals surface area contributed by atoms with Crippen LogP contribution >= 0.6 is 0 Å². The maximum Gasteiger partial charge on any atom is 0.256 e. The Labute approximate surface area is 106 Å². The molecule has 3 nitrogen and oxygen atoms in total. The van der Waals surface area contributed by atoms with Crippen molar-refractivity contribution < 1.29 is 4.79 Å². The Morgan fingerprint density at radius 2 is 2.17 bits per heavy atom. The van der Waals surface area contributed by atoms with Crippen LogP contribution < -0.4 is 0 Å². The molecular weight excluding hydrogens is 224 g/mol. The molecule has 0 spiro atoms. The molecule has 0 aliphatic carbocycles. The molecule has 1 aromatic carbocycles. The van der Waals surface area contributed by atoms with Gasteiger partial charge in [0.15, 0.2) is 0 Å². The van der Waals surface area contributed by atoms with Gasteiger partial charge < -0.3 is 4.90 Å². The third kappa shape index (κ3) is 2.18. The van der Waals surface area contributed by atoms with Crippen molar-refractivity contribution in [1.82, 2.24) is 9.88 Å². The molecular formula is C15H14N2O. The summed E-state index contributed by atoms with van der Waals surface area (Å²) in [6.07, 6.45) is 6.97. The number of rotatable bonds is 3. The zero-order valence-corrected chi connectivity index (χ0v) is 10.3. The lowest BCUT2D eigenvalue weighted by molar-refractivity contribution is 0.0786. The van der Waals surface area contributed by atoms with Gasteiger partial charge in [0.1, 0.15) is 0 Å². The van der Waals surface area contributed by atoms with Crippen molar-refractivity contribution in [2.24, 2.45) is 0 Å². The predicted molar refractivity (Wildman–Crippen MR) is 72.2 cm³/mol. The lowest BCUT2D eigenvalue weighted by Crippen LogP contribution is -2.31. The normalized spacial score (nSPS) is 10.0. The van der Waals surface area contributed by atoms with Gasteiger partial charge in [-0.25, -0.2) is 0 Å². The minimum atomic E-state index is -0.0697. The summed E-state index contributed by atoms with van der Waals surface area (Å²) in [7, 11) is 0. The van der Waals surface area contributed by atoms with E-state index in [-0.39, 0.29) is 5.91 Å². The molecule has 2 aromatic rings. The van der Waals surface area contributed by atoms with E-state index in [0.717, 1.165) is 10.9 Å². The number of carbonyl (C=O) groups is 1. The van der Waals surface area contributed by atoms with Crippen LogP contribution in [0.25, 0.3) is 10.9 Å². The highest BCUT2D eigenvalue weighted by Gasteiger charge is 2.16. The maximum atomic E-state index is 12.4. The van der Waals surface area contributed by atoms with Crippen LogP contribution in [0.15, 0.2) is 36.5 Å². The van der Waals surface area contributed by atoms with Gasteiger partial charge in [0.25, 0.3) is 5.91 Å². The first kappa shape index (κ1) is 12.1. The Bertz CT molecular complexity index is 608. The quantitative estimate of drug-likeness (QED) is 0.769. The van der Waals surface area contributed by atoms with Crippen LogP contribution in [0.4, 0.5) is 0 Å². The Morgan fingerprint density at radius 3 is 2.89 bits per heavy atom. The van der Waals surface area contributed by atoms with E-state index >= 15 is 0 Å². The highest BCUT2D eigenvalue weighted by molar-refractivity contribution is 6.05. The lowest BCUT2D eigenvalue weighted by Gasteiger charge is -2.18. The first-order chi connectivity index (χ1) is 8.77. The first-order valence-electron chi connectivity index (χ1n) is 5.84. The minimum Gasteiger partial charge on any atom is -0.328 e. The number of carbonyl (C=O) groups excluding carboxylic acids is 1. The largest absolute Gasteiger partial charge is 0.328 e. The topological polar surface area (TPSA) is 33.2 Å². The van der Waals surface area contributed by atoms with Crippen molar-refractivity contribution in [2.45, 2.75) is 6.92 Å². The monoisotopic (exact) mass is 238 g/mol. The molecule has 18 heavy (non-hydrogen) atoms. The van der Waals surface area contributed by atoms with E-state index in [9.17, 15) is 4.79 Å². The zero-order valence-electron chi connectivity index (χ0n) is 10.3. The Kier molecular flexibility index (Phi) is 3.59. The minimum absolute atomic E-state index is 0.0697. The highest BCUT2D eigenvalue weighted by Crippen LogP contribution is 2.17. The van der Waals surface area contributed by atoms with Crippen molar-refractivity contribution in [3.8, 4) is 12.3 Å². The average molecular weight is 238 g/mol. The average Bonchev–Trinajstić information content (AvgIpc) is 2.43. The second-order valence-electron chi connectivity index (χ2n) is 3.90. The molecule has 0 N–H and O–H groups in total. The number of benzene rings is 1. The number of fused-ring (bicyclic) bond motifs is 1. The summed E-state index contributed by atoms with van der Waals surface area (Å²) in [6, 6.07) is 9.39. The summed E-state index contributed by atoms with van der Waals surface area (Å²) < 4.78 is 0. The smallest absolute Gasteiger partial charge is 0.256 e. The Hall–Kier alpha value is -2.34. The second kappa shape index (κ2) is 5.33. The summed E-state index contributed by atoms with van der Waals surface area (Å²) >= 11 is 0. The van der Waals surface area contributed by atoms with Crippen LogP contribution in [0.5, 0.6) is 0 Å². The summed E-state index contributed by atoms with van der Waals surface area (Å²) in [5.74, 6) is 2.43. The van der Waals surface area contributed by atoms with Crippen molar-refractivity contribution in [3.05, 3.63) is 42.1 Å². The Morgan fingerprint density at radius 1 is 1.39 bits per heavy atom. The Balaban J connectivity index is 2.48. The van der Waals surface area contributed by atoms with Gasteiger partial charge in [0, 0.05) is 18.1 Å². The molecule has 0 aliphatic rings. The van der Waals surface area contributed by atoms with Crippen molar-refractivity contribution >= 4 is 16.8 Å². The van der Waals surface area contributed by atoms with E-state index in [1.54, 1.807) is 17.2 Å². The number of hydrogen-bond donors (Lipinski definition) is 0. The van der Waals surface area contributed by atoms with Crippen LogP contribution in [0.2, 0.25) is 0 Å². The molecule has 1 amide bonds. The lowest BCUT2D eigenvalue weighted by atomic mass is 10.1. The van der Waals surface area contributed by atoms with Gasteiger partial charge in [-0.15, -0.1) is 6.42 Å². The molecule has 0 radical (unpaired) electrons. The van der Waals surface area contributed by atoms with E-state index in [0.29, 0.717) is 18.7 Å². The number of amides is 1. The number of aromatic nitrogens is 1. The molecule has 0 saturated carbocycles. The van der Waals surface area contributed by atoms with Crippen molar-refractivity contribution in [1.29, 1.82) is 0 Å². The number of pyridine rings is 1. The van der Waals surface area contributed by atoms with Crippen molar-refractivity contribution in [3.63, 3.8) is 0 Å². The van der Waals surface area contributed by atoms with Gasteiger partial charge in [-0.3, -0.25) is 9.78 Å². The van der Waals surface area contributed by atoms with Crippen LogP contribution in [-0.2, 0) is 0 Å². The van der Waals surface area contributed by atoms with E-state index in [2.05, 4.69) is 10.9 Å².